The minimum Gasteiger partial charge on any atom is -0.0999 e. The first-order chi connectivity index (χ1) is 6.65. The third-order valence-electron chi connectivity index (χ3n) is 3.97. The highest BCUT2D eigenvalue weighted by atomic mass is 14.3. The number of rotatable bonds is 4. The van der Waals surface area contributed by atoms with Gasteiger partial charge in [-0.15, -0.1) is 0 Å². The number of unbranched alkanes of at least 4 members (excludes halogenated alkanes) is 1. The summed E-state index contributed by atoms with van der Waals surface area (Å²) < 4.78 is 0. The van der Waals surface area contributed by atoms with E-state index in [-0.39, 0.29) is 0 Å². The van der Waals surface area contributed by atoms with E-state index in [9.17, 15) is 0 Å². The molecule has 0 heteroatoms. The van der Waals surface area contributed by atoms with Gasteiger partial charge in [0.25, 0.3) is 0 Å². The van der Waals surface area contributed by atoms with Gasteiger partial charge in [0.15, 0.2) is 0 Å². The molecule has 1 fully saturated rings. The first kappa shape index (κ1) is 11.8. The lowest BCUT2D eigenvalue weighted by Crippen LogP contribution is -2.23. The van der Waals surface area contributed by atoms with Crippen LogP contribution in [0.15, 0.2) is 12.2 Å². The smallest absolute Gasteiger partial charge is 0.0206 e. The van der Waals surface area contributed by atoms with Gasteiger partial charge in [0, 0.05) is 0 Å². The van der Waals surface area contributed by atoms with Gasteiger partial charge in [-0.05, 0) is 43.9 Å². The topological polar surface area (TPSA) is 0 Å². The van der Waals surface area contributed by atoms with Crippen molar-refractivity contribution in [2.24, 2.45) is 17.8 Å². The molecule has 0 aromatic rings. The first-order valence-corrected chi connectivity index (χ1v) is 6.30. The first-order valence-electron chi connectivity index (χ1n) is 6.30. The third-order valence-corrected chi connectivity index (χ3v) is 3.97. The largest absolute Gasteiger partial charge is 0.0999 e. The van der Waals surface area contributed by atoms with Crippen molar-refractivity contribution >= 4 is 0 Å². The molecule has 1 aliphatic carbocycles. The molecular weight excluding hydrogens is 168 g/mol. The van der Waals surface area contributed by atoms with Gasteiger partial charge in [-0.1, -0.05) is 45.3 Å². The molecule has 0 bridgehead atoms. The van der Waals surface area contributed by atoms with Crippen LogP contribution in [-0.2, 0) is 0 Å². The quantitative estimate of drug-likeness (QED) is 0.564. The Kier molecular flexibility index (Phi) is 4.71. The van der Waals surface area contributed by atoms with Crippen LogP contribution in [0.5, 0.6) is 0 Å². The Morgan fingerprint density at radius 1 is 1.36 bits per heavy atom. The second kappa shape index (κ2) is 5.58. The Morgan fingerprint density at radius 2 is 2.07 bits per heavy atom. The lowest BCUT2D eigenvalue weighted by molar-refractivity contribution is 0.199. The number of hydrogen-bond donors (Lipinski definition) is 0. The van der Waals surface area contributed by atoms with Gasteiger partial charge in [-0.3, -0.25) is 0 Å². The summed E-state index contributed by atoms with van der Waals surface area (Å²) in [6.45, 7) is 11.0. The zero-order valence-electron chi connectivity index (χ0n) is 10.2. The Hall–Kier alpha value is -0.260. The third kappa shape index (κ3) is 3.15. The second-order valence-electron chi connectivity index (χ2n) is 5.24. The van der Waals surface area contributed by atoms with Crippen LogP contribution in [0.2, 0.25) is 0 Å². The summed E-state index contributed by atoms with van der Waals surface area (Å²) in [7, 11) is 0. The summed E-state index contributed by atoms with van der Waals surface area (Å²) >= 11 is 0. The maximum Gasteiger partial charge on any atom is -0.0206 e. The van der Waals surface area contributed by atoms with Crippen LogP contribution in [0.4, 0.5) is 0 Å². The molecule has 0 heterocycles. The highest BCUT2D eigenvalue weighted by Crippen LogP contribution is 2.38. The van der Waals surface area contributed by atoms with E-state index in [2.05, 4.69) is 27.4 Å². The number of hydrogen-bond acceptors (Lipinski definition) is 0. The maximum absolute atomic E-state index is 4.10. The van der Waals surface area contributed by atoms with E-state index in [1.807, 2.05) is 0 Å². The van der Waals surface area contributed by atoms with Crippen molar-refractivity contribution in [3.63, 3.8) is 0 Å². The molecule has 14 heavy (non-hydrogen) atoms. The van der Waals surface area contributed by atoms with Crippen molar-refractivity contribution in [2.75, 3.05) is 0 Å². The molecule has 0 amide bonds. The van der Waals surface area contributed by atoms with Crippen molar-refractivity contribution < 1.29 is 0 Å². The molecule has 0 aromatic heterocycles. The Labute approximate surface area is 89.8 Å². The zero-order valence-corrected chi connectivity index (χ0v) is 10.2. The summed E-state index contributed by atoms with van der Waals surface area (Å²) in [4.78, 5) is 0. The van der Waals surface area contributed by atoms with Crippen LogP contribution in [0.3, 0.4) is 0 Å². The van der Waals surface area contributed by atoms with Crippen LogP contribution in [0.25, 0.3) is 0 Å². The molecule has 3 atom stereocenters. The van der Waals surface area contributed by atoms with Gasteiger partial charge < -0.3 is 0 Å². The Morgan fingerprint density at radius 3 is 2.57 bits per heavy atom. The standard InChI is InChI=1S/C14H26/c1-5-6-7-13-8-9-14(11(2)3)10-12(13)4/h12-14H,2,5-10H2,1,3-4H3. The van der Waals surface area contributed by atoms with E-state index >= 15 is 0 Å². The van der Waals surface area contributed by atoms with Crippen LogP contribution in [0.1, 0.15) is 59.3 Å². The fourth-order valence-corrected chi connectivity index (χ4v) is 2.80. The predicted octanol–water partition coefficient (Wildman–Crippen LogP) is 4.81. The highest BCUT2D eigenvalue weighted by molar-refractivity contribution is 4.99. The Bertz CT molecular complexity index is 180. The molecule has 1 aliphatic rings. The highest BCUT2D eigenvalue weighted by Gasteiger charge is 2.26. The van der Waals surface area contributed by atoms with Crippen LogP contribution < -0.4 is 0 Å². The van der Waals surface area contributed by atoms with Crippen molar-refractivity contribution in [1.82, 2.24) is 0 Å². The van der Waals surface area contributed by atoms with Gasteiger partial charge in [-0.2, -0.15) is 0 Å². The van der Waals surface area contributed by atoms with E-state index in [0.717, 1.165) is 17.8 Å². The van der Waals surface area contributed by atoms with E-state index < -0.39 is 0 Å². The molecule has 82 valence electrons. The van der Waals surface area contributed by atoms with Gasteiger partial charge in [-0.25, -0.2) is 0 Å². The lowest BCUT2D eigenvalue weighted by atomic mass is 9.71. The monoisotopic (exact) mass is 194 g/mol. The Balaban J connectivity index is 2.35. The molecule has 0 aromatic carbocycles. The van der Waals surface area contributed by atoms with Crippen LogP contribution in [-0.4, -0.2) is 0 Å². The molecule has 0 aliphatic heterocycles. The van der Waals surface area contributed by atoms with Gasteiger partial charge in [0.05, 0.1) is 0 Å². The van der Waals surface area contributed by atoms with Crippen molar-refractivity contribution in [1.29, 1.82) is 0 Å². The van der Waals surface area contributed by atoms with Gasteiger partial charge >= 0.3 is 0 Å². The minimum absolute atomic E-state index is 0.822. The van der Waals surface area contributed by atoms with E-state index in [1.54, 1.807) is 0 Å². The summed E-state index contributed by atoms with van der Waals surface area (Å²) in [5.74, 6) is 2.76. The molecule has 0 saturated heterocycles. The maximum atomic E-state index is 4.10. The minimum atomic E-state index is 0.822. The van der Waals surface area contributed by atoms with E-state index in [4.69, 9.17) is 0 Å². The molecule has 0 spiro atoms. The van der Waals surface area contributed by atoms with E-state index in [0.29, 0.717) is 0 Å². The molecule has 1 saturated carbocycles. The molecule has 0 radical (unpaired) electrons. The second-order valence-corrected chi connectivity index (χ2v) is 5.24. The van der Waals surface area contributed by atoms with Crippen molar-refractivity contribution in [3.8, 4) is 0 Å². The van der Waals surface area contributed by atoms with Crippen molar-refractivity contribution in [2.45, 2.75) is 59.3 Å². The van der Waals surface area contributed by atoms with E-state index in [1.165, 1.54) is 44.1 Å². The number of allylic oxidation sites excluding steroid dienone is 1. The molecule has 0 N–H and O–H groups in total. The van der Waals surface area contributed by atoms with Gasteiger partial charge in [0.2, 0.25) is 0 Å². The average Bonchev–Trinajstić information content (AvgIpc) is 2.15. The van der Waals surface area contributed by atoms with Gasteiger partial charge in [0.1, 0.15) is 0 Å². The summed E-state index contributed by atoms with van der Waals surface area (Å²) in [6.07, 6.45) is 8.47. The van der Waals surface area contributed by atoms with Crippen molar-refractivity contribution in [3.05, 3.63) is 12.2 Å². The molecule has 1 rings (SSSR count). The summed E-state index contributed by atoms with van der Waals surface area (Å²) in [6, 6.07) is 0. The molecule has 0 nitrogen and oxygen atoms in total. The average molecular weight is 194 g/mol. The predicted molar refractivity (Wildman–Crippen MR) is 64.3 cm³/mol. The SMILES string of the molecule is C=C(C)C1CCC(CCCC)C(C)C1. The van der Waals surface area contributed by atoms with Crippen LogP contribution >= 0.6 is 0 Å². The fraction of sp³-hybridized carbons (Fsp3) is 0.857. The molecule has 3 unspecified atom stereocenters. The summed E-state index contributed by atoms with van der Waals surface area (Å²) in [5.41, 5.74) is 1.41. The summed E-state index contributed by atoms with van der Waals surface area (Å²) in [5, 5.41) is 0. The normalized spacial score (nSPS) is 32.9. The fourth-order valence-electron chi connectivity index (χ4n) is 2.80. The van der Waals surface area contributed by atoms with Crippen LogP contribution in [0, 0.1) is 17.8 Å². The molecular formula is C14H26. The lowest BCUT2D eigenvalue weighted by Gasteiger charge is -2.34. The zero-order chi connectivity index (χ0) is 10.6.